The van der Waals surface area contributed by atoms with Crippen LogP contribution >= 0.6 is 15.9 Å². The second-order valence-electron chi connectivity index (χ2n) is 9.25. The highest BCUT2D eigenvalue weighted by Crippen LogP contribution is 2.24. The lowest BCUT2D eigenvalue weighted by molar-refractivity contribution is 0.0937. The molecule has 0 fully saturated rings. The van der Waals surface area contributed by atoms with Crippen molar-refractivity contribution in [1.29, 1.82) is 0 Å². The van der Waals surface area contributed by atoms with Crippen molar-refractivity contribution >= 4 is 32.9 Å². The minimum atomic E-state index is -0.232. The smallest absolute Gasteiger partial charge is 0.251 e. The van der Waals surface area contributed by atoms with Crippen LogP contribution in [0.3, 0.4) is 0 Å². The molecule has 0 aliphatic rings. The summed E-state index contributed by atoms with van der Waals surface area (Å²) >= 11 is 3.44. The van der Waals surface area contributed by atoms with Gasteiger partial charge in [0.1, 0.15) is 11.6 Å². The van der Waals surface area contributed by atoms with Gasteiger partial charge in [-0.25, -0.2) is 4.98 Å². The Morgan fingerprint density at radius 3 is 2.56 bits per heavy atom. The fourth-order valence-corrected chi connectivity index (χ4v) is 4.72. The maximum atomic E-state index is 12.8. The van der Waals surface area contributed by atoms with E-state index in [0.29, 0.717) is 18.1 Å². The summed E-state index contributed by atoms with van der Waals surface area (Å²) in [5.74, 6) is 2.23. The molecule has 0 saturated heterocycles. The van der Waals surface area contributed by atoms with Gasteiger partial charge in [0.25, 0.3) is 5.91 Å². The summed E-state index contributed by atoms with van der Waals surface area (Å²) in [5, 5.41) is 3.11. The number of aryl methyl sites for hydroxylation is 1. The Balaban J connectivity index is 1.38. The summed E-state index contributed by atoms with van der Waals surface area (Å²) in [6, 6.07) is 23.8. The normalized spacial score (nSPS) is 12.9. The number of ether oxygens (including phenoxy) is 1. The van der Waals surface area contributed by atoms with Gasteiger partial charge in [0.15, 0.2) is 0 Å². The lowest BCUT2D eigenvalue weighted by Gasteiger charge is -2.17. The van der Waals surface area contributed by atoms with E-state index in [0.717, 1.165) is 52.9 Å². The molecule has 1 heterocycles. The predicted molar refractivity (Wildman–Crippen MR) is 150 cm³/mol. The molecule has 0 bridgehead atoms. The summed E-state index contributed by atoms with van der Waals surface area (Å²) in [5.41, 5.74) is 3.99. The Hall–Kier alpha value is -3.12. The first kappa shape index (κ1) is 26.0. The highest BCUT2D eigenvalue weighted by Gasteiger charge is 2.19. The van der Waals surface area contributed by atoms with Gasteiger partial charge >= 0.3 is 0 Å². The topological polar surface area (TPSA) is 56.1 Å². The number of imidazole rings is 1. The van der Waals surface area contributed by atoms with Crippen LogP contribution in [0.4, 0.5) is 0 Å². The second kappa shape index (κ2) is 12.2. The van der Waals surface area contributed by atoms with Crippen LogP contribution in [0.5, 0.6) is 5.75 Å². The number of hydrogen-bond donors (Lipinski definition) is 1. The first-order valence-electron chi connectivity index (χ1n) is 12.7. The molecule has 1 N–H and O–H groups in total. The zero-order chi connectivity index (χ0) is 25.5. The van der Waals surface area contributed by atoms with Gasteiger partial charge in [0, 0.05) is 16.6 Å². The van der Waals surface area contributed by atoms with Gasteiger partial charge in [0.2, 0.25) is 0 Å². The number of para-hydroxylation sites is 2. The van der Waals surface area contributed by atoms with E-state index in [1.807, 2.05) is 49.4 Å². The Kier molecular flexibility index (Phi) is 8.81. The van der Waals surface area contributed by atoms with Gasteiger partial charge in [-0.2, -0.15) is 0 Å². The second-order valence-corrected chi connectivity index (χ2v) is 10.2. The van der Waals surface area contributed by atoms with Crippen molar-refractivity contribution in [2.24, 2.45) is 0 Å². The maximum Gasteiger partial charge on any atom is 0.251 e. The van der Waals surface area contributed by atoms with Crippen molar-refractivity contribution < 1.29 is 9.53 Å². The van der Waals surface area contributed by atoms with Crippen LogP contribution in [-0.4, -0.2) is 22.1 Å². The molecular weight excluding hydrogens is 514 g/mol. The average molecular weight is 549 g/mol. The molecule has 3 aromatic carbocycles. The predicted octanol–water partition coefficient (Wildman–Crippen LogP) is 7.66. The van der Waals surface area contributed by atoms with E-state index in [2.05, 4.69) is 70.0 Å². The Morgan fingerprint density at radius 1 is 1.03 bits per heavy atom. The number of fused-ring (bicyclic) bond motifs is 1. The number of carbonyl (C=O) groups is 1. The fraction of sp³-hybridized carbons (Fsp3) is 0.333. The fourth-order valence-electron chi connectivity index (χ4n) is 4.32. The largest absolute Gasteiger partial charge is 0.494 e. The number of rotatable bonds is 11. The molecule has 6 heteroatoms. The molecule has 1 aromatic heterocycles. The molecule has 36 heavy (non-hydrogen) atoms. The summed E-state index contributed by atoms with van der Waals surface area (Å²) in [6.45, 7) is 7.92. The van der Waals surface area contributed by atoms with Crippen molar-refractivity contribution in [2.75, 3.05) is 6.61 Å². The zero-order valence-corrected chi connectivity index (χ0v) is 22.8. The molecule has 0 spiro atoms. The number of halogens is 1. The van der Waals surface area contributed by atoms with Gasteiger partial charge in [-0.05, 0) is 80.1 Å². The van der Waals surface area contributed by atoms with Crippen molar-refractivity contribution in [3.05, 3.63) is 94.2 Å². The number of aromatic nitrogens is 2. The molecule has 2 atom stereocenters. The minimum absolute atomic E-state index is 0.116. The molecule has 2 unspecified atom stereocenters. The van der Waals surface area contributed by atoms with E-state index >= 15 is 0 Å². The van der Waals surface area contributed by atoms with Crippen LogP contribution < -0.4 is 10.1 Å². The van der Waals surface area contributed by atoms with Gasteiger partial charge in [-0.1, -0.05) is 60.1 Å². The number of amides is 1. The van der Waals surface area contributed by atoms with Crippen molar-refractivity contribution in [1.82, 2.24) is 14.9 Å². The van der Waals surface area contributed by atoms with E-state index < -0.39 is 0 Å². The molecule has 0 aliphatic heterocycles. The van der Waals surface area contributed by atoms with Crippen molar-refractivity contribution in [3.8, 4) is 5.75 Å². The van der Waals surface area contributed by atoms with Crippen LogP contribution in [-0.2, 0) is 6.54 Å². The van der Waals surface area contributed by atoms with E-state index in [9.17, 15) is 4.79 Å². The number of hydrogen-bond acceptors (Lipinski definition) is 3. The number of benzene rings is 3. The Bertz CT molecular complexity index is 1300. The Morgan fingerprint density at radius 2 is 1.81 bits per heavy atom. The monoisotopic (exact) mass is 547 g/mol. The van der Waals surface area contributed by atoms with Crippen molar-refractivity contribution in [2.45, 2.75) is 58.5 Å². The van der Waals surface area contributed by atoms with Gasteiger partial charge < -0.3 is 14.6 Å². The molecular formula is C30H34BrN3O2. The third-order valence-electron chi connectivity index (χ3n) is 6.61. The summed E-state index contributed by atoms with van der Waals surface area (Å²) in [6.07, 6.45) is 3.01. The van der Waals surface area contributed by atoms with E-state index in [4.69, 9.17) is 9.72 Å². The highest BCUT2D eigenvalue weighted by molar-refractivity contribution is 9.10. The molecule has 4 aromatic rings. The van der Waals surface area contributed by atoms with Gasteiger partial charge in [0.05, 0.1) is 23.7 Å². The van der Waals surface area contributed by atoms with Crippen LogP contribution in [0.15, 0.2) is 77.3 Å². The van der Waals surface area contributed by atoms with Crippen LogP contribution in [0, 0.1) is 0 Å². The van der Waals surface area contributed by atoms with E-state index in [-0.39, 0.29) is 11.9 Å². The highest BCUT2D eigenvalue weighted by atomic mass is 79.9. The maximum absolute atomic E-state index is 12.8. The number of nitrogens with one attached hydrogen (secondary N) is 1. The molecule has 0 saturated carbocycles. The Labute approximate surface area is 222 Å². The molecule has 1 amide bonds. The van der Waals surface area contributed by atoms with Crippen LogP contribution in [0.25, 0.3) is 11.0 Å². The number of carbonyl (C=O) groups excluding carboxylic acids is 1. The molecule has 0 radical (unpaired) electrons. The minimum Gasteiger partial charge on any atom is -0.494 e. The third-order valence-corrected chi connectivity index (χ3v) is 7.11. The van der Waals surface area contributed by atoms with Crippen LogP contribution in [0.2, 0.25) is 0 Å². The third kappa shape index (κ3) is 6.35. The first-order valence-corrected chi connectivity index (χ1v) is 13.5. The number of unbranched alkanes of at least 4 members (excludes halogenated alkanes) is 1. The first-order chi connectivity index (χ1) is 17.5. The summed E-state index contributed by atoms with van der Waals surface area (Å²) in [7, 11) is 0. The SMILES string of the molecule is CCC(C)c1ccc(OCCCCn2c(C(C)NC(=O)c3cccc(Br)c3)nc3ccccc32)cc1. The average Bonchev–Trinajstić information content (AvgIpc) is 3.27. The van der Waals surface area contributed by atoms with Crippen LogP contribution in [0.1, 0.15) is 73.7 Å². The molecule has 188 valence electrons. The van der Waals surface area contributed by atoms with Gasteiger partial charge in [-0.3, -0.25) is 4.79 Å². The summed E-state index contributed by atoms with van der Waals surface area (Å²) in [4.78, 5) is 17.7. The molecule has 5 nitrogen and oxygen atoms in total. The quantitative estimate of drug-likeness (QED) is 0.196. The lowest BCUT2D eigenvalue weighted by Crippen LogP contribution is -2.28. The van der Waals surface area contributed by atoms with E-state index in [1.54, 1.807) is 0 Å². The molecule has 4 rings (SSSR count). The van der Waals surface area contributed by atoms with E-state index in [1.165, 1.54) is 5.56 Å². The molecule has 0 aliphatic carbocycles. The lowest BCUT2D eigenvalue weighted by atomic mass is 9.99. The number of nitrogens with zero attached hydrogens (tertiary/aromatic N) is 2. The summed E-state index contributed by atoms with van der Waals surface area (Å²) < 4.78 is 9.09. The van der Waals surface area contributed by atoms with Crippen molar-refractivity contribution in [3.63, 3.8) is 0 Å². The zero-order valence-electron chi connectivity index (χ0n) is 21.2. The standard InChI is InChI=1S/C30H34BrN3O2/c1-4-21(2)23-14-16-26(17-15-23)36-19-8-7-18-34-28-13-6-5-12-27(28)33-29(34)22(3)32-30(35)24-10-9-11-25(31)20-24/h5-6,9-17,20-22H,4,7-8,18-19H2,1-3H3,(H,32,35). The van der Waals surface area contributed by atoms with Gasteiger partial charge in [-0.15, -0.1) is 0 Å².